The van der Waals surface area contributed by atoms with Gasteiger partial charge in [0.15, 0.2) is 0 Å². The zero-order valence-corrected chi connectivity index (χ0v) is 8.10. The highest BCUT2D eigenvalue weighted by molar-refractivity contribution is 5.79. The van der Waals surface area contributed by atoms with Crippen molar-refractivity contribution in [2.75, 3.05) is 0 Å². The van der Waals surface area contributed by atoms with Crippen LogP contribution in [-0.2, 0) is 0 Å². The van der Waals surface area contributed by atoms with Crippen LogP contribution in [0.5, 0.6) is 0 Å². The first-order valence-corrected chi connectivity index (χ1v) is 4.68. The molecule has 1 unspecified atom stereocenters. The molecule has 2 N–H and O–H groups in total. The average molecular weight is 187 g/mol. The first-order valence-electron chi connectivity index (χ1n) is 4.68. The summed E-state index contributed by atoms with van der Waals surface area (Å²) in [5.74, 6) is 0.850. The second-order valence-electron chi connectivity index (χ2n) is 3.40. The molecule has 2 rings (SSSR count). The van der Waals surface area contributed by atoms with Gasteiger partial charge in [0.1, 0.15) is 11.3 Å². The zero-order chi connectivity index (χ0) is 9.97. The maximum atomic E-state index is 5.61. The summed E-state index contributed by atoms with van der Waals surface area (Å²) in [5.41, 5.74) is 6.52. The summed E-state index contributed by atoms with van der Waals surface area (Å²) in [6, 6.07) is 10.0. The van der Waals surface area contributed by atoms with Gasteiger partial charge >= 0.3 is 0 Å². The molecule has 2 heteroatoms. The fourth-order valence-electron chi connectivity index (χ4n) is 1.33. The summed E-state index contributed by atoms with van der Waals surface area (Å²) in [6.07, 6.45) is 3.82. The first-order chi connectivity index (χ1) is 6.75. The molecule has 1 aromatic heterocycles. The molecule has 0 saturated carbocycles. The van der Waals surface area contributed by atoms with Crippen LogP contribution in [0.15, 0.2) is 40.8 Å². The maximum absolute atomic E-state index is 5.61. The van der Waals surface area contributed by atoms with Crippen molar-refractivity contribution in [2.45, 2.75) is 13.0 Å². The Kier molecular flexibility index (Phi) is 2.37. The second kappa shape index (κ2) is 3.68. The molecule has 0 aliphatic heterocycles. The van der Waals surface area contributed by atoms with E-state index in [2.05, 4.69) is 0 Å². The summed E-state index contributed by atoms with van der Waals surface area (Å²) in [6.45, 7) is 1.93. The van der Waals surface area contributed by atoms with E-state index in [9.17, 15) is 0 Å². The van der Waals surface area contributed by atoms with Crippen molar-refractivity contribution < 1.29 is 4.42 Å². The van der Waals surface area contributed by atoms with Gasteiger partial charge in [0, 0.05) is 11.4 Å². The van der Waals surface area contributed by atoms with E-state index in [0.717, 1.165) is 16.7 Å². The van der Waals surface area contributed by atoms with Gasteiger partial charge in [0.05, 0.1) is 0 Å². The third-order valence-corrected chi connectivity index (χ3v) is 2.01. The van der Waals surface area contributed by atoms with E-state index in [1.807, 2.05) is 49.4 Å². The highest BCUT2D eigenvalue weighted by atomic mass is 16.3. The molecule has 0 saturated heterocycles. The largest absolute Gasteiger partial charge is 0.457 e. The lowest BCUT2D eigenvalue weighted by Crippen LogP contribution is -2.09. The first kappa shape index (κ1) is 9.03. The second-order valence-corrected chi connectivity index (χ2v) is 3.40. The van der Waals surface area contributed by atoms with Gasteiger partial charge in [0.25, 0.3) is 0 Å². The minimum absolute atomic E-state index is 0.0585. The van der Waals surface area contributed by atoms with Crippen molar-refractivity contribution in [3.05, 3.63) is 42.2 Å². The van der Waals surface area contributed by atoms with Crippen molar-refractivity contribution in [3.63, 3.8) is 0 Å². The van der Waals surface area contributed by atoms with Gasteiger partial charge in [-0.2, -0.15) is 0 Å². The smallest absolute Gasteiger partial charge is 0.134 e. The van der Waals surface area contributed by atoms with E-state index in [1.54, 1.807) is 0 Å². The Morgan fingerprint density at radius 1 is 1.36 bits per heavy atom. The predicted octanol–water partition coefficient (Wildman–Crippen LogP) is 2.79. The lowest BCUT2D eigenvalue weighted by atomic mass is 10.2. The molecule has 0 radical (unpaired) electrons. The summed E-state index contributed by atoms with van der Waals surface area (Å²) in [4.78, 5) is 0. The van der Waals surface area contributed by atoms with Gasteiger partial charge in [-0.3, -0.25) is 0 Å². The van der Waals surface area contributed by atoms with E-state index in [1.165, 1.54) is 0 Å². The van der Waals surface area contributed by atoms with Gasteiger partial charge in [-0.25, -0.2) is 0 Å². The molecule has 0 aliphatic carbocycles. The van der Waals surface area contributed by atoms with E-state index in [-0.39, 0.29) is 6.04 Å². The van der Waals surface area contributed by atoms with Gasteiger partial charge in [-0.05, 0) is 25.1 Å². The highest BCUT2D eigenvalue weighted by Gasteiger charge is 1.98. The number of benzene rings is 1. The quantitative estimate of drug-likeness (QED) is 0.785. The standard InChI is InChI=1S/C12H13NO/c1-9(13)6-7-11-8-10-4-2-3-5-12(10)14-11/h2-9H,13H2,1H3/b7-6+. The van der Waals surface area contributed by atoms with E-state index < -0.39 is 0 Å². The van der Waals surface area contributed by atoms with Crippen LogP contribution in [0.2, 0.25) is 0 Å². The number of fused-ring (bicyclic) bond motifs is 1. The Labute approximate surface area is 83.0 Å². The molecule has 14 heavy (non-hydrogen) atoms. The minimum atomic E-state index is 0.0585. The van der Waals surface area contributed by atoms with Gasteiger partial charge in [-0.1, -0.05) is 24.3 Å². The summed E-state index contributed by atoms with van der Waals surface area (Å²) < 4.78 is 5.58. The van der Waals surface area contributed by atoms with Crippen molar-refractivity contribution in [2.24, 2.45) is 5.73 Å². The fourth-order valence-corrected chi connectivity index (χ4v) is 1.33. The number of nitrogens with two attached hydrogens (primary N) is 1. The van der Waals surface area contributed by atoms with Crippen LogP contribution in [0, 0.1) is 0 Å². The molecule has 2 nitrogen and oxygen atoms in total. The Morgan fingerprint density at radius 3 is 2.86 bits per heavy atom. The van der Waals surface area contributed by atoms with E-state index in [0.29, 0.717) is 0 Å². The van der Waals surface area contributed by atoms with Crippen LogP contribution in [-0.4, -0.2) is 6.04 Å². The topological polar surface area (TPSA) is 39.2 Å². The Bertz CT molecular complexity index is 421. The van der Waals surface area contributed by atoms with Crippen molar-refractivity contribution in [3.8, 4) is 0 Å². The highest BCUT2D eigenvalue weighted by Crippen LogP contribution is 2.19. The molecule has 1 heterocycles. The molecule has 0 aliphatic rings. The van der Waals surface area contributed by atoms with Crippen LogP contribution in [0.1, 0.15) is 12.7 Å². The molecule has 1 atom stereocenters. The third-order valence-electron chi connectivity index (χ3n) is 2.01. The minimum Gasteiger partial charge on any atom is -0.457 e. The number of furan rings is 1. The maximum Gasteiger partial charge on any atom is 0.134 e. The van der Waals surface area contributed by atoms with Crippen molar-refractivity contribution in [1.82, 2.24) is 0 Å². The Hall–Kier alpha value is -1.54. The van der Waals surface area contributed by atoms with Crippen molar-refractivity contribution >= 4 is 17.0 Å². The third kappa shape index (κ3) is 1.86. The molecular weight excluding hydrogens is 174 g/mol. The SMILES string of the molecule is CC(N)/C=C/c1cc2ccccc2o1. The lowest BCUT2D eigenvalue weighted by Gasteiger charge is -1.91. The summed E-state index contributed by atoms with van der Waals surface area (Å²) in [7, 11) is 0. The van der Waals surface area contributed by atoms with Crippen LogP contribution in [0.25, 0.3) is 17.0 Å². The summed E-state index contributed by atoms with van der Waals surface area (Å²) in [5, 5.41) is 1.12. The fraction of sp³-hybridized carbons (Fsp3) is 0.167. The number of rotatable bonds is 2. The lowest BCUT2D eigenvalue weighted by molar-refractivity contribution is 0.604. The molecule has 1 aromatic carbocycles. The molecule has 0 bridgehead atoms. The van der Waals surface area contributed by atoms with Crippen LogP contribution < -0.4 is 5.73 Å². The normalized spacial score (nSPS) is 13.9. The molecule has 2 aromatic rings. The molecule has 0 fully saturated rings. The van der Waals surface area contributed by atoms with Crippen LogP contribution in [0.3, 0.4) is 0 Å². The van der Waals surface area contributed by atoms with Crippen LogP contribution in [0.4, 0.5) is 0 Å². The molecule has 72 valence electrons. The van der Waals surface area contributed by atoms with Gasteiger partial charge in [0.2, 0.25) is 0 Å². The number of hydrogen-bond acceptors (Lipinski definition) is 2. The molecular formula is C12H13NO. The Morgan fingerprint density at radius 2 is 2.14 bits per heavy atom. The predicted molar refractivity (Wildman–Crippen MR) is 58.9 cm³/mol. The number of hydrogen-bond donors (Lipinski definition) is 1. The molecule has 0 spiro atoms. The van der Waals surface area contributed by atoms with E-state index >= 15 is 0 Å². The monoisotopic (exact) mass is 187 g/mol. The number of para-hydroxylation sites is 1. The van der Waals surface area contributed by atoms with E-state index in [4.69, 9.17) is 10.2 Å². The van der Waals surface area contributed by atoms with Crippen molar-refractivity contribution in [1.29, 1.82) is 0 Å². The Balaban J connectivity index is 2.36. The van der Waals surface area contributed by atoms with Gasteiger partial charge < -0.3 is 10.2 Å². The van der Waals surface area contributed by atoms with Crippen LogP contribution >= 0.6 is 0 Å². The zero-order valence-electron chi connectivity index (χ0n) is 8.10. The summed E-state index contributed by atoms with van der Waals surface area (Å²) >= 11 is 0. The molecule has 0 amide bonds. The van der Waals surface area contributed by atoms with Gasteiger partial charge in [-0.15, -0.1) is 0 Å². The average Bonchev–Trinajstić information content (AvgIpc) is 2.57.